The Morgan fingerprint density at radius 1 is 1.00 bits per heavy atom. The van der Waals surface area contributed by atoms with Crippen molar-refractivity contribution in [1.82, 2.24) is 4.98 Å². The molecule has 0 aliphatic carbocycles. The van der Waals surface area contributed by atoms with Crippen molar-refractivity contribution in [3.8, 4) is 0 Å². The van der Waals surface area contributed by atoms with Crippen LogP contribution in [0.15, 0.2) is 17.1 Å². The van der Waals surface area contributed by atoms with Gasteiger partial charge in [-0.25, -0.2) is 0 Å². The van der Waals surface area contributed by atoms with Crippen LogP contribution >= 0.6 is 65.3 Å². The van der Waals surface area contributed by atoms with E-state index in [-0.39, 0.29) is 54.0 Å². The summed E-state index contributed by atoms with van der Waals surface area (Å²) in [5.41, 5.74) is 1.79. The number of hydrogen-bond donors (Lipinski definition) is 0. The van der Waals surface area contributed by atoms with Crippen LogP contribution in [0.5, 0.6) is 0 Å². The van der Waals surface area contributed by atoms with E-state index in [9.17, 15) is 0 Å². The SMILES string of the molecule is S.S.S.S.c1cscn1. The molecule has 0 aromatic carbocycles. The highest BCUT2D eigenvalue weighted by Gasteiger charge is 1.59. The largest absolute Gasteiger partial charge is 0.253 e. The lowest BCUT2D eigenvalue weighted by Gasteiger charge is -1.41. The van der Waals surface area contributed by atoms with Gasteiger partial charge in [-0.2, -0.15) is 54.0 Å². The molecular formula is C3H11NS5. The van der Waals surface area contributed by atoms with E-state index in [1.807, 2.05) is 5.38 Å². The van der Waals surface area contributed by atoms with E-state index in [1.54, 1.807) is 23.0 Å². The molecule has 58 valence electrons. The van der Waals surface area contributed by atoms with Crippen LogP contribution < -0.4 is 0 Å². The van der Waals surface area contributed by atoms with E-state index in [0.717, 1.165) is 0 Å². The summed E-state index contributed by atoms with van der Waals surface area (Å²) in [4.78, 5) is 3.74. The summed E-state index contributed by atoms with van der Waals surface area (Å²) in [5.74, 6) is 0. The Bertz CT molecular complexity index is 68.7. The van der Waals surface area contributed by atoms with Gasteiger partial charge in [-0.05, 0) is 0 Å². The van der Waals surface area contributed by atoms with Crippen molar-refractivity contribution in [2.75, 3.05) is 0 Å². The molecule has 1 heterocycles. The van der Waals surface area contributed by atoms with Crippen molar-refractivity contribution < 1.29 is 0 Å². The highest BCUT2D eigenvalue weighted by atomic mass is 32.1. The molecular weight excluding hydrogens is 210 g/mol. The molecule has 6 heteroatoms. The van der Waals surface area contributed by atoms with Crippen LogP contribution in [0.4, 0.5) is 0 Å². The minimum Gasteiger partial charge on any atom is -0.253 e. The van der Waals surface area contributed by atoms with E-state index in [2.05, 4.69) is 4.98 Å². The zero-order valence-electron chi connectivity index (χ0n) is 4.59. The normalized spacial score (nSPS) is 4.44. The van der Waals surface area contributed by atoms with Gasteiger partial charge in [0.25, 0.3) is 0 Å². The Morgan fingerprint density at radius 3 is 1.67 bits per heavy atom. The molecule has 0 spiro atoms. The summed E-state index contributed by atoms with van der Waals surface area (Å²) >= 11 is 1.60. The Kier molecular flexibility index (Phi) is 40.0. The molecule has 0 aliphatic rings. The number of nitrogens with zero attached hydrogens (tertiary/aromatic N) is 1. The number of hydrogen-bond acceptors (Lipinski definition) is 2. The molecule has 1 aromatic rings. The van der Waals surface area contributed by atoms with E-state index >= 15 is 0 Å². The fourth-order valence-electron chi connectivity index (χ4n) is 0.176. The van der Waals surface area contributed by atoms with Crippen LogP contribution in [0.25, 0.3) is 0 Å². The number of thiazole rings is 1. The van der Waals surface area contributed by atoms with Crippen molar-refractivity contribution >= 4 is 65.3 Å². The van der Waals surface area contributed by atoms with Gasteiger partial charge in [-0.15, -0.1) is 11.3 Å². The summed E-state index contributed by atoms with van der Waals surface area (Å²) < 4.78 is 0. The summed E-state index contributed by atoms with van der Waals surface area (Å²) in [6.07, 6.45) is 1.77. The topological polar surface area (TPSA) is 12.9 Å². The van der Waals surface area contributed by atoms with Gasteiger partial charge in [-0.3, -0.25) is 4.98 Å². The number of aromatic nitrogens is 1. The molecule has 1 aromatic heterocycles. The second-order valence-corrected chi connectivity index (χ2v) is 1.43. The summed E-state index contributed by atoms with van der Waals surface area (Å²) in [6.45, 7) is 0. The second kappa shape index (κ2) is 16.0. The first kappa shape index (κ1) is 22.5. The van der Waals surface area contributed by atoms with Crippen LogP contribution in [0, 0.1) is 0 Å². The molecule has 0 aliphatic heterocycles. The summed E-state index contributed by atoms with van der Waals surface area (Å²) in [6, 6.07) is 0. The minimum atomic E-state index is 0. The molecule has 1 nitrogen and oxygen atoms in total. The summed E-state index contributed by atoms with van der Waals surface area (Å²) in [7, 11) is 0. The van der Waals surface area contributed by atoms with E-state index in [0.29, 0.717) is 0 Å². The van der Waals surface area contributed by atoms with Crippen molar-refractivity contribution in [1.29, 1.82) is 0 Å². The Balaban J connectivity index is -0.0000000312. The Morgan fingerprint density at radius 2 is 1.56 bits per heavy atom. The molecule has 0 saturated heterocycles. The minimum absolute atomic E-state index is 0. The van der Waals surface area contributed by atoms with Crippen LogP contribution in [0.2, 0.25) is 0 Å². The van der Waals surface area contributed by atoms with Crippen molar-refractivity contribution in [2.24, 2.45) is 0 Å². The van der Waals surface area contributed by atoms with Gasteiger partial charge in [0.1, 0.15) is 0 Å². The molecule has 0 atom stereocenters. The third-order valence-corrected chi connectivity index (χ3v) is 0.869. The van der Waals surface area contributed by atoms with E-state index in [4.69, 9.17) is 0 Å². The molecule has 0 radical (unpaired) electrons. The second-order valence-electron chi connectivity index (χ2n) is 0.676. The zero-order chi connectivity index (χ0) is 3.54. The van der Waals surface area contributed by atoms with Gasteiger partial charge < -0.3 is 0 Å². The first-order valence-corrected chi connectivity index (χ1v) is 2.26. The van der Waals surface area contributed by atoms with Crippen LogP contribution in [0.1, 0.15) is 0 Å². The van der Waals surface area contributed by atoms with E-state index in [1.165, 1.54) is 0 Å². The quantitative estimate of drug-likeness (QED) is 0.648. The molecule has 0 unspecified atom stereocenters. The monoisotopic (exact) mass is 221 g/mol. The van der Waals surface area contributed by atoms with Crippen molar-refractivity contribution in [3.05, 3.63) is 17.1 Å². The first-order chi connectivity index (χ1) is 2.50. The molecule has 9 heavy (non-hydrogen) atoms. The van der Waals surface area contributed by atoms with Gasteiger partial charge in [0.05, 0.1) is 5.51 Å². The first-order valence-electron chi connectivity index (χ1n) is 1.32. The average Bonchev–Trinajstić information content (AvgIpc) is 1.76. The molecule has 0 saturated carbocycles. The lowest BCUT2D eigenvalue weighted by Crippen LogP contribution is -1.38. The van der Waals surface area contributed by atoms with E-state index < -0.39 is 0 Å². The maximum atomic E-state index is 3.74. The van der Waals surface area contributed by atoms with Crippen LogP contribution in [-0.4, -0.2) is 4.98 Å². The highest BCUT2D eigenvalue weighted by molar-refractivity contribution is 7.59. The lowest BCUT2D eigenvalue weighted by atomic mass is 11.0. The average molecular weight is 221 g/mol. The Labute approximate surface area is 87.1 Å². The Hall–Kier alpha value is 1.03. The smallest absolute Gasteiger partial charge is 0.0791 e. The van der Waals surface area contributed by atoms with Gasteiger partial charge in [0, 0.05) is 11.6 Å². The van der Waals surface area contributed by atoms with Gasteiger partial charge in [0.15, 0.2) is 0 Å². The van der Waals surface area contributed by atoms with Gasteiger partial charge in [-0.1, -0.05) is 0 Å². The predicted molar refractivity (Wildman–Crippen MR) is 63.6 cm³/mol. The third kappa shape index (κ3) is 12.3. The highest BCUT2D eigenvalue weighted by Crippen LogP contribution is 1.85. The van der Waals surface area contributed by atoms with Crippen molar-refractivity contribution in [3.63, 3.8) is 0 Å². The lowest BCUT2D eigenvalue weighted by molar-refractivity contribution is 1.43. The molecule has 1 rings (SSSR count). The zero-order valence-corrected chi connectivity index (χ0v) is 9.40. The molecule has 0 amide bonds. The van der Waals surface area contributed by atoms with Crippen LogP contribution in [-0.2, 0) is 0 Å². The maximum absolute atomic E-state index is 3.74. The predicted octanol–water partition coefficient (Wildman–Crippen LogP) is 1.59. The summed E-state index contributed by atoms with van der Waals surface area (Å²) in [5, 5.41) is 1.93. The van der Waals surface area contributed by atoms with Crippen LogP contribution in [0.3, 0.4) is 0 Å². The molecule has 0 N–H and O–H groups in total. The maximum Gasteiger partial charge on any atom is 0.0791 e. The molecule has 0 fully saturated rings. The fraction of sp³-hybridized carbons (Fsp3) is 0. The van der Waals surface area contributed by atoms with Gasteiger partial charge >= 0.3 is 0 Å². The number of rotatable bonds is 0. The molecule has 0 bridgehead atoms. The third-order valence-electron chi connectivity index (χ3n) is 0.347. The fourth-order valence-corrected chi connectivity index (χ4v) is 0.527. The van der Waals surface area contributed by atoms with Gasteiger partial charge in [0.2, 0.25) is 0 Å². The standard InChI is InChI=1S/C3H3NS.4H2S/c1-2-5-3-4-1;;;;/h1-3H;4*1H2. The van der Waals surface area contributed by atoms with Crippen molar-refractivity contribution in [2.45, 2.75) is 0 Å².